The number of ether oxygens (including phenoxy) is 1. The van der Waals surface area contributed by atoms with Crippen LogP contribution in [0.2, 0.25) is 0 Å². The molecule has 2 aromatic carbocycles. The average molecular weight is 642 g/mol. The highest BCUT2D eigenvalue weighted by Crippen LogP contribution is 2.32. The summed E-state index contributed by atoms with van der Waals surface area (Å²) in [4.78, 5) is 38.5. The summed E-state index contributed by atoms with van der Waals surface area (Å²) in [6.45, 7) is -0.0435. The van der Waals surface area contributed by atoms with Gasteiger partial charge in [0.2, 0.25) is 11.8 Å². The number of nitrogens with zero attached hydrogens (tertiary/aromatic N) is 5. The number of fused-ring (bicyclic) bond motifs is 1. The lowest BCUT2D eigenvalue weighted by Gasteiger charge is -2.22. The topological polar surface area (TPSA) is 138 Å². The molecule has 3 aromatic heterocycles. The van der Waals surface area contributed by atoms with E-state index in [9.17, 15) is 22.8 Å². The van der Waals surface area contributed by atoms with Gasteiger partial charge < -0.3 is 15.8 Å². The van der Waals surface area contributed by atoms with Crippen molar-refractivity contribution >= 4 is 11.8 Å². The predicted octanol–water partition coefficient (Wildman–Crippen LogP) is 4.81. The van der Waals surface area contributed by atoms with Crippen LogP contribution in [0.15, 0.2) is 73.2 Å². The SMILES string of the molecule is NC(=O)c1cc(-c2cccnc2C(Cc2cc(F)cc(F)c2)NC(=O)Cn2nc(OCc3ncccn3)c3c2CCCC3)ccc1F. The number of pyridine rings is 1. The summed E-state index contributed by atoms with van der Waals surface area (Å²) in [6.07, 6.45) is 8.07. The van der Waals surface area contributed by atoms with Crippen molar-refractivity contribution in [3.63, 3.8) is 0 Å². The van der Waals surface area contributed by atoms with Crippen LogP contribution < -0.4 is 15.8 Å². The number of benzene rings is 2. The van der Waals surface area contributed by atoms with Gasteiger partial charge in [0, 0.05) is 41.5 Å². The molecule has 47 heavy (non-hydrogen) atoms. The molecule has 0 aliphatic heterocycles. The third-order valence-electron chi connectivity index (χ3n) is 7.88. The van der Waals surface area contributed by atoms with Crippen molar-refractivity contribution in [1.29, 1.82) is 0 Å². The number of hydrogen-bond acceptors (Lipinski definition) is 7. The molecule has 6 rings (SSSR count). The fourth-order valence-electron chi connectivity index (χ4n) is 5.80. The van der Waals surface area contributed by atoms with Crippen LogP contribution in [0.1, 0.15) is 57.6 Å². The van der Waals surface area contributed by atoms with Gasteiger partial charge >= 0.3 is 0 Å². The van der Waals surface area contributed by atoms with E-state index in [2.05, 4.69) is 25.4 Å². The van der Waals surface area contributed by atoms with E-state index in [1.807, 2.05) is 0 Å². The van der Waals surface area contributed by atoms with Crippen LogP contribution in [-0.2, 0) is 37.2 Å². The highest BCUT2D eigenvalue weighted by molar-refractivity contribution is 5.94. The lowest BCUT2D eigenvalue weighted by Crippen LogP contribution is -2.34. The second-order valence-corrected chi connectivity index (χ2v) is 11.1. The summed E-state index contributed by atoms with van der Waals surface area (Å²) in [6, 6.07) is 11.2. The first-order valence-corrected chi connectivity index (χ1v) is 15.0. The third kappa shape index (κ3) is 7.29. The van der Waals surface area contributed by atoms with Crippen LogP contribution in [0, 0.1) is 17.5 Å². The minimum atomic E-state index is -0.947. The van der Waals surface area contributed by atoms with E-state index < -0.39 is 35.3 Å². The molecule has 0 fully saturated rings. The zero-order valence-corrected chi connectivity index (χ0v) is 25.1. The molecule has 10 nitrogen and oxygen atoms in total. The summed E-state index contributed by atoms with van der Waals surface area (Å²) in [5.74, 6) is -2.79. The number of primary amides is 1. The Labute approximate surface area is 267 Å². The lowest BCUT2D eigenvalue weighted by molar-refractivity contribution is -0.122. The van der Waals surface area contributed by atoms with Gasteiger partial charge in [0.05, 0.1) is 17.3 Å². The Hall–Kier alpha value is -5.59. The number of carbonyl (C=O) groups excluding carboxylic acids is 2. The second kappa shape index (κ2) is 13.8. The molecule has 1 unspecified atom stereocenters. The molecule has 1 atom stereocenters. The van der Waals surface area contributed by atoms with E-state index in [1.165, 1.54) is 30.5 Å². The monoisotopic (exact) mass is 641 g/mol. The first kappa shape index (κ1) is 31.4. The molecule has 0 saturated heterocycles. The number of carbonyl (C=O) groups is 2. The quantitative estimate of drug-likeness (QED) is 0.211. The Kier molecular flexibility index (Phi) is 9.23. The van der Waals surface area contributed by atoms with Gasteiger partial charge in [-0.25, -0.2) is 23.1 Å². The van der Waals surface area contributed by atoms with Crippen molar-refractivity contribution in [2.24, 2.45) is 5.73 Å². The minimum absolute atomic E-state index is 0.0308. The van der Waals surface area contributed by atoms with Crippen molar-refractivity contribution in [1.82, 2.24) is 30.0 Å². The van der Waals surface area contributed by atoms with Gasteiger partial charge in [0.1, 0.15) is 30.6 Å². The Morgan fingerprint density at radius 3 is 2.45 bits per heavy atom. The molecule has 2 amide bonds. The normalized spacial score (nSPS) is 13.1. The average Bonchev–Trinajstić information content (AvgIpc) is 3.40. The summed E-state index contributed by atoms with van der Waals surface area (Å²) < 4.78 is 50.3. The molecular weight excluding hydrogens is 611 g/mol. The molecule has 0 bridgehead atoms. The van der Waals surface area contributed by atoms with E-state index in [4.69, 9.17) is 10.5 Å². The number of amides is 2. The zero-order chi connectivity index (χ0) is 32.9. The molecule has 1 aliphatic rings. The van der Waals surface area contributed by atoms with Crippen molar-refractivity contribution in [2.75, 3.05) is 0 Å². The highest BCUT2D eigenvalue weighted by Gasteiger charge is 2.26. The Bertz CT molecular complexity index is 1910. The lowest BCUT2D eigenvalue weighted by atomic mass is 9.94. The summed E-state index contributed by atoms with van der Waals surface area (Å²) in [5, 5.41) is 7.59. The van der Waals surface area contributed by atoms with Crippen molar-refractivity contribution in [3.05, 3.63) is 125 Å². The second-order valence-electron chi connectivity index (χ2n) is 11.1. The van der Waals surface area contributed by atoms with Crippen LogP contribution in [0.5, 0.6) is 5.88 Å². The van der Waals surface area contributed by atoms with E-state index in [1.54, 1.807) is 35.3 Å². The molecule has 240 valence electrons. The van der Waals surface area contributed by atoms with E-state index >= 15 is 0 Å². The standard InChI is InChI=1S/C34H30F3N7O3/c35-22-13-20(14-23(36)17-22)15-28(32-24(6-3-10-41-32)21-8-9-27(37)26(16-21)33(38)46)42-31(45)18-44-29-7-2-1-5-25(29)34(43-44)47-19-30-39-11-4-12-40-30/h3-4,6,8-14,16-17,28H,1-2,5,7,15,18-19H2,(H2,38,46)(H,42,45). The fourth-order valence-corrected chi connectivity index (χ4v) is 5.80. The maximum Gasteiger partial charge on any atom is 0.251 e. The van der Waals surface area contributed by atoms with E-state index in [0.29, 0.717) is 34.9 Å². The van der Waals surface area contributed by atoms with Gasteiger partial charge in [-0.2, -0.15) is 0 Å². The molecule has 0 spiro atoms. The maximum atomic E-state index is 14.3. The number of nitrogens with two attached hydrogens (primary N) is 1. The zero-order valence-electron chi connectivity index (χ0n) is 25.1. The van der Waals surface area contributed by atoms with Crippen LogP contribution in [-0.4, -0.2) is 36.5 Å². The summed E-state index contributed by atoms with van der Waals surface area (Å²) in [7, 11) is 0. The fraction of sp³-hybridized carbons (Fsp3) is 0.235. The van der Waals surface area contributed by atoms with Crippen LogP contribution in [0.3, 0.4) is 0 Å². The van der Waals surface area contributed by atoms with Crippen LogP contribution in [0.4, 0.5) is 13.2 Å². The highest BCUT2D eigenvalue weighted by atomic mass is 19.1. The Morgan fingerprint density at radius 1 is 0.936 bits per heavy atom. The van der Waals surface area contributed by atoms with Gasteiger partial charge in [-0.05, 0) is 79.6 Å². The van der Waals surface area contributed by atoms with Crippen molar-refractivity contribution < 1.29 is 27.5 Å². The van der Waals surface area contributed by atoms with E-state index in [-0.39, 0.29) is 30.7 Å². The third-order valence-corrected chi connectivity index (χ3v) is 7.88. The van der Waals surface area contributed by atoms with E-state index in [0.717, 1.165) is 42.7 Å². The summed E-state index contributed by atoms with van der Waals surface area (Å²) >= 11 is 0. The van der Waals surface area contributed by atoms with Gasteiger partial charge in [-0.1, -0.05) is 12.1 Å². The molecule has 0 radical (unpaired) electrons. The van der Waals surface area contributed by atoms with Crippen LogP contribution >= 0.6 is 0 Å². The molecule has 13 heteroatoms. The Balaban J connectivity index is 1.31. The Morgan fingerprint density at radius 2 is 1.68 bits per heavy atom. The van der Waals surface area contributed by atoms with Crippen molar-refractivity contribution in [2.45, 2.75) is 51.3 Å². The first-order chi connectivity index (χ1) is 22.7. The number of hydrogen-bond donors (Lipinski definition) is 2. The molecule has 3 N–H and O–H groups in total. The molecule has 0 saturated carbocycles. The number of rotatable bonds is 11. The van der Waals surface area contributed by atoms with Gasteiger partial charge in [0.15, 0.2) is 5.82 Å². The molecule has 3 heterocycles. The molecule has 1 aliphatic carbocycles. The number of nitrogens with one attached hydrogen (secondary N) is 1. The van der Waals surface area contributed by atoms with Gasteiger partial charge in [0.25, 0.3) is 5.91 Å². The van der Waals surface area contributed by atoms with Crippen molar-refractivity contribution in [3.8, 4) is 17.0 Å². The predicted molar refractivity (Wildman–Crippen MR) is 164 cm³/mol. The molecular formula is C34H30F3N7O3. The van der Waals surface area contributed by atoms with Gasteiger partial charge in [-0.3, -0.25) is 19.3 Å². The maximum absolute atomic E-state index is 14.3. The first-order valence-electron chi connectivity index (χ1n) is 15.0. The smallest absolute Gasteiger partial charge is 0.251 e. The van der Waals surface area contributed by atoms with Crippen LogP contribution in [0.25, 0.3) is 11.1 Å². The number of aromatic nitrogens is 5. The largest absolute Gasteiger partial charge is 0.468 e. The molecule has 5 aromatic rings. The van der Waals surface area contributed by atoms with Gasteiger partial charge in [-0.15, -0.1) is 5.10 Å². The number of halogens is 3. The minimum Gasteiger partial charge on any atom is -0.468 e. The summed E-state index contributed by atoms with van der Waals surface area (Å²) in [5.41, 5.74) is 8.38.